The standard InChI is InChI=1S/C25H23Cl2FO2/c1-2-12-3-8-15(16-9-10-18(26)23(28)22(16)27)11-17(12)21-24(29)19-13-4-5-14(7-6-13)20(19)25(21)30/h3,8-11,13-14,19-21H,2,4-7H2,1H3/t13?,14?,19-,20+,21?. The molecule has 0 saturated heterocycles. The number of fused-ring (bicyclic) bond motifs is 2. The number of aryl methyl sites for hydroxylation is 1. The van der Waals surface area contributed by atoms with Crippen LogP contribution in [0.25, 0.3) is 11.1 Å². The lowest BCUT2D eigenvalue weighted by molar-refractivity contribution is -0.129. The molecular formula is C25H23Cl2FO2. The molecule has 2 bridgehead atoms. The normalized spacial score (nSPS) is 30.1. The van der Waals surface area contributed by atoms with Crippen LogP contribution in [0, 0.1) is 29.5 Å². The summed E-state index contributed by atoms with van der Waals surface area (Å²) in [5, 5.41) is -0.0802. The summed E-state index contributed by atoms with van der Waals surface area (Å²) in [5.41, 5.74) is 2.96. The molecule has 0 N–H and O–H groups in total. The lowest BCUT2D eigenvalue weighted by Crippen LogP contribution is -2.41. The Balaban J connectivity index is 1.61. The first kappa shape index (κ1) is 20.2. The zero-order chi connectivity index (χ0) is 21.2. The molecule has 2 nitrogen and oxygen atoms in total. The fourth-order valence-electron chi connectivity index (χ4n) is 6.20. The van der Waals surface area contributed by atoms with Crippen molar-refractivity contribution >= 4 is 34.8 Å². The van der Waals surface area contributed by atoms with E-state index in [1.807, 2.05) is 25.1 Å². The monoisotopic (exact) mass is 444 g/mol. The third-order valence-corrected chi connectivity index (χ3v) is 8.29. The van der Waals surface area contributed by atoms with Gasteiger partial charge in [-0.1, -0.05) is 48.3 Å². The topological polar surface area (TPSA) is 34.1 Å². The van der Waals surface area contributed by atoms with Gasteiger partial charge in [-0.25, -0.2) is 4.39 Å². The molecule has 4 aliphatic carbocycles. The van der Waals surface area contributed by atoms with Crippen LogP contribution in [-0.2, 0) is 16.0 Å². The average molecular weight is 445 g/mol. The molecule has 156 valence electrons. The highest BCUT2D eigenvalue weighted by Crippen LogP contribution is 2.56. The Morgan fingerprint density at radius 1 is 0.933 bits per heavy atom. The van der Waals surface area contributed by atoms with E-state index in [1.54, 1.807) is 6.07 Å². The van der Waals surface area contributed by atoms with E-state index >= 15 is 0 Å². The van der Waals surface area contributed by atoms with Gasteiger partial charge in [0.25, 0.3) is 0 Å². The first-order valence-corrected chi connectivity index (χ1v) is 11.5. The van der Waals surface area contributed by atoms with Crippen molar-refractivity contribution in [1.29, 1.82) is 0 Å². The Morgan fingerprint density at radius 2 is 1.53 bits per heavy atom. The third kappa shape index (κ3) is 2.89. The first-order valence-electron chi connectivity index (χ1n) is 10.8. The quantitative estimate of drug-likeness (QED) is 0.392. The minimum Gasteiger partial charge on any atom is -0.298 e. The summed E-state index contributed by atoms with van der Waals surface area (Å²) in [4.78, 5) is 27.0. The summed E-state index contributed by atoms with van der Waals surface area (Å²) in [6.45, 7) is 2.02. The van der Waals surface area contributed by atoms with E-state index < -0.39 is 11.7 Å². The summed E-state index contributed by atoms with van der Waals surface area (Å²) in [6, 6.07) is 8.83. The number of rotatable bonds is 3. The summed E-state index contributed by atoms with van der Waals surface area (Å²) in [5.74, 6) is -0.678. The van der Waals surface area contributed by atoms with E-state index in [0.29, 0.717) is 23.0 Å². The molecule has 1 unspecified atom stereocenters. The number of hydrogen-bond acceptors (Lipinski definition) is 2. The molecule has 0 spiro atoms. The fourth-order valence-corrected chi connectivity index (χ4v) is 6.68. The van der Waals surface area contributed by atoms with Gasteiger partial charge in [0.1, 0.15) is 5.92 Å². The predicted octanol–water partition coefficient (Wildman–Crippen LogP) is 6.65. The zero-order valence-corrected chi connectivity index (χ0v) is 18.3. The lowest BCUT2D eigenvalue weighted by Gasteiger charge is -2.43. The smallest absolute Gasteiger partial charge is 0.160 e. The molecule has 2 aromatic carbocycles. The number of carbonyl (C=O) groups is 2. The highest BCUT2D eigenvalue weighted by molar-refractivity contribution is 6.36. The Morgan fingerprint density at radius 3 is 2.10 bits per heavy atom. The number of halogens is 3. The SMILES string of the molecule is CCc1ccc(-c2ccc(Cl)c(F)c2Cl)cc1C1C(=O)[C@@H]2C3CCC(CC3)[C@@H]2C1=O. The maximum atomic E-state index is 14.3. The highest BCUT2D eigenvalue weighted by atomic mass is 35.5. The van der Waals surface area contributed by atoms with Crippen LogP contribution >= 0.6 is 23.2 Å². The van der Waals surface area contributed by atoms with Crippen LogP contribution < -0.4 is 0 Å². The third-order valence-electron chi connectivity index (χ3n) is 7.63. The molecular weight excluding hydrogens is 422 g/mol. The minimum atomic E-state index is -0.702. The van der Waals surface area contributed by atoms with Crippen molar-refractivity contribution in [3.05, 3.63) is 57.3 Å². The van der Waals surface area contributed by atoms with E-state index in [0.717, 1.165) is 43.2 Å². The molecule has 4 fully saturated rings. The highest BCUT2D eigenvalue weighted by Gasteiger charge is 2.59. The van der Waals surface area contributed by atoms with E-state index in [-0.39, 0.29) is 33.4 Å². The Labute approximate surface area is 185 Å². The van der Waals surface area contributed by atoms with Crippen LogP contribution in [0.5, 0.6) is 0 Å². The van der Waals surface area contributed by atoms with Crippen molar-refractivity contribution in [3.63, 3.8) is 0 Å². The second kappa shape index (κ2) is 7.46. The molecule has 0 aromatic heterocycles. The molecule has 30 heavy (non-hydrogen) atoms. The van der Waals surface area contributed by atoms with Gasteiger partial charge < -0.3 is 0 Å². The van der Waals surface area contributed by atoms with Crippen LogP contribution in [0.2, 0.25) is 10.0 Å². The molecule has 4 saturated carbocycles. The Kier molecular flexibility index (Phi) is 5.02. The molecule has 0 amide bonds. The van der Waals surface area contributed by atoms with Gasteiger partial charge in [-0.05, 0) is 72.8 Å². The van der Waals surface area contributed by atoms with Crippen LogP contribution in [-0.4, -0.2) is 11.6 Å². The maximum Gasteiger partial charge on any atom is 0.160 e. The number of benzene rings is 2. The first-order chi connectivity index (χ1) is 14.4. The van der Waals surface area contributed by atoms with Crippen LogP contribution in [0.3, 0.4) is 0 Å². The van der Waals surface area contributed by atoms with Crippen molar-refractivity contribution in [1.82, 2.24) is 0 Å². The molecule has 0 aliphatic heterocycles. The molecule has 6 rings (SSSR count). The molecule has 4 aliphatic rings. The van der Waals surface area contributed by atoms with Crippen molar-refractivity contribution < 1.29 is 14.0 Å². The Hall–Kier alpha value is -1.71. The second-order valence-corrected chi connectivity index (χ2v) is 9.74. The van der Waals surface area contributed by atoms with Gasteiger partial charge in [0, 0.05) is 17.4 Å². The average Bonchev–Trinajstić information content (AvgIpc) is 3.05. The van der Waals surface area contributed by atoms with Crippen LogP contribution in [0.1, 0.15) is 49.7 Å². The van der Waals surface area contributed by atoms with Gasteiger partial charge in [0.15, 0.2) is 17.4 Å². The largest absolute Gasteiger partial charge is 0.298 e. The summed E-state index contributed by atoms with van der Waals surface area (Å²) in [7, 11) is 0. The summed E-state index contributed by atoms with van der Waals surface area (Å²) in [6.07, 6.45) is 4.99. The lowest BCUT2D eigenvalue weighted by atomic mass is 9.59. The van der Waals surface area contributed by atoms with E-state index in [9.17, 15) is 14.0 Å². The number of carbonyl (C=O) groups excluding carboxylic acids is 2. The Bertz CT molecular complexity index is 1030. The number of hydrogen-bond donors (Lipinski definition) is 0. The summed E-state index contributed by atoms with van der Waals surface area (Å²) < 4.78 is 14.3. The second-order valence-electron chi connectivity index (χ2n) is 8.95. The van der Waals surface area contributed by atoms with Crippen molar-refractivity contribution in [2.75, 3.05) is 0 Å². The van der Waals surface area contributed by atoms with Crippen molar-refractivity contribution in [3.8, 4) is 11.1 Å². The van der Waals surface area contributed by atoms with Gasteiger partial charge in [-0.2, -0.15) is 0 Å². The van der Waals surface area contributed by atoms with Gasteiger partial charge in [-0.15, -0.1) is 0 Å². The van der Waals surface area contributed by atoms with Gasteiger partial charge in [0.05, 0.1) is 10.0 Å². The van der Waals surface area contributed by atoms with Crippen molar-refractivity contribution in [2.24, 2.45) is 23.7 Å². The molecule has 3 atom stereocenters. The van der Waals surface area contributed by atoms with E-state index in [4.69, 9.17) is 23.2 Å². The predicted molar refractivity (Wildman–Crippen MR) is 116 cm³/mol. The minimum absolute atomic E-state index is 0.0325. The fraction of sp³-hybridized carbons (Fsp3) is 0.440. The number of Topliss-reactive ketones (excluding diaryl/α,β-unsaturated/α-hetero) is 2. The molecule has 2 aromatic rings. The van der Waals surface area contributed by atoms with Crippen LogP contribution in [0.4, 0.5) is 4.39 Å². The van der Waals surface area contributed by atoms with Gasteiger partial charge in [-0.3, -0.25) is 9.59 Å². The molecule has 0 radical (unpaired) electrons. The van der Waals surface area contributed by atoms with Crippen LogP contribution in [0.15, 0.2) is 30.3 Å². The van der Waals surface area contributed by atoms with Gasteiger partial charge in [0.2, 0.25) is 0 Å². The maximum absolute atomic E-state index is 14.3. The molecule has 0 heterocycles. The number of ketones is 2. The van der Waals surface area contributed by atoms with E-state index in [2.05, 4.69) is 0 Å². The van der Waals surface area contributed by atoms with Crippen molar-refractivity contribution in [2.45, 2.75) is 44.9 Å². The van der Waals surface area contributed by atoms with Gasteiger partial charge >= 0.3 is 0 Å². The zero-order valence-electron chi connectivity index (χ0n) is 16.8. The summed E-state index contributed by atoms with van der Waals surface area (Å²) >= 11 is 12.1. The van der Waals surface area contributed by atoms with E-state index in [1.165, 1.54) is 6.07 Å². The molecule has 5 heteroatoms.